The number of halogens is 1. The Morgan fingerprint density at radius 2 is 2.00 bits per heavy atom. The van der Waals surface area contributed by atoms with E-state index in [0.29, 0.717) is 18.4 Å². The van der Waals surface area contributed by atoms with Crippen molar-refractivity contribution < 1.29 is 5.11 Å². The minimum absolute atomic E-state index is 0.0723. The summed E-state index contributed by atoms with van der Waals surface area (Å²) >= 11 is 3.41. The summed E-state index contributed by atoms with van der Waals surface area (Å²) in [6.07, 6.45) is 0.843. The molecule has 0 spiro atoms. The van der Waals surface area contributed by atoms with E-state index in [9.17, 15) is 5.11 Å². The molecule has 1 saturated carbocycles. The van der Waals surface area contributed by atoms with Gasteiger partial charge in [0, 0.05) is 16.9 Å². The number of benzene rings is 1. The molecule has 0 heterocycles. The van der Waals surface area contributed by atoms with Gasteiger partial charge in [-0.1, -0.05) is 35.0 Å². The number of nitrogens with two attached hydrogens (primary N) is 1. The van der Waals surface area contributed by atoms with Crippen LogP contribution in [0.4, 0.5) is 0 Å². The highest BCUT2D eigenvalue weighted by molar-refractivity contribution is 9.10. The quantitative estimate of drug-likeness (QED) is 0.892. The van der Waals surface area contributed by atoms with Crippen LogP contribution in [0, 0.1) is 11.8 Å². The second-order valence-electron chi connectivity index (χ2n) is 4.76. The Balaban J connectivity index is 2.12. The maximum absolute atomic E-state index is 10.3. The van der Waals surface area contributed by atoms with Crippen LogP contribution >= 0.6 is 15.9 Å². The van der Waals surface area contributed by atoms with Gasteiger partial charge in [-0.25, -0.2) is 0 Å². The topological polar surface area (TPSA) is 46.2 Å². The summed E-state index contributed by atoms with van der Waals surface area (Å²) in [5, 5.41) is 10.3. The van der Waals surface area contributed by atoms with Crippen LogP contribution in [0.15, 0.2) is 28.7 Å². The fourth-order valence-corrected chi connectivity index (χ4v) is 2.57. The van der Waals surface area contributed by atoms with E-state index in [2.05, 4.69) is 22.9 Å². The molecule has 4 atom stereocenters. The largest absolute Gasteiger partial charge is 0.392 e. The molecule has 1 aliphatic carbocycles. The van der Waals surface area contributed by atoms with Gasteiger partial charge >= 0.3 is 0 Å². The maximum atomic E-state index is 10.3. The third kappa shape index (κ3) is 2.47. The maximum Gasteiger partial charge on any atom is 0.0651 e. The number of aliphatic hydroxyl groups excluding tert-OH is 1. The number of aliphatic hydroxyl groups is 1. The molecule has 3 N–H and O–H groups in total. The van der Waals surface area contributed by atoms with Gasteiger partial charge in [0.25, 0.3) is 0 Å². The van der Waals surface area contributed by atoms with Gasteiger partial charge in [-0.3, -0.25) is 0 Å². The molecule has 88 valence electrons. The highest BCUT2D eigenvalue weighted by Gasteiger charge is 2.42. The second-order valence-corrected chi connectivity index (χ2v) is 5.68. The summed E-state index contributed by atoms with van der Waals surface area (Å²) in [5.74, 6) is 1.17. The van der Waals surface area contributed by atoms with Crippen LogP contribution in [0.3, 0.4) is 0 Å². The zero-order valence-electron chi connectivity index (χ0n) is 9.44. The number of hydrogen-bond donors (Lipinski definition) is 2. The van der Waals surface area contributed by atoms with Gasteiger partial charge in [-0.15, -0.1) is 0 Å². The van der Waals surface area contributed by atoms with Gasteiger partial charge in [0.15, 0.2) is 0 Å². The lowest BCUT2D eigenvalue weighted by atomic mass is 9.90. The summed E-state index contributed by atoms with van der Waals surface area (Å²) in [4.78, 5) is 0. The van der Waals surface area contributed by atoms with E-state index in [4.69, 9.17) is 5.73 Å². The fraction of sp³-hybridized carbons (Fsp3) is 0.538. The molecule has 0 bridgehead atoms. The zero-order chi connectivity index (χ0) is 11.7. The normalized spacial score (nSPS) is 27.5. The Morgan fingerprint density at radius 1 is 1.44 bits per heavy atom. The first kappa shape index (κ1) is 12.1. The Hall–Kier alpha value is -0.380. The molecule has 1 aromatic carbocycles. The van der Waals surface area contributed by atoms with Crippen molar-refractivity contribution >= 4 is 15.9 Å². The van der Waals surface area contributed by atoms with E-state index in [-0.39, 0.29) is 12.0 Å². The van der Waals surface area contributed by atoms with Gasteiger partial charge in [0.05, 0.1) is 6.10 Å². The molecule has 2 nitrogen and oxygen atoms in total. The molecule has 16 heavy (non-hydrogen) atoms. The first-order valence-electron chi connectivity index (χ1n) is 5.77. The van der Waals surface area contributed by atoms with Gasteiger partial charge in [-0.05, 0) is 36.0 Å². The highest BCUT2D eigenvalue weighted by Crippen LogP contribution is 2.44. The molecule has 1 aromatic rings. The molecule has 1 aliphatic rings. The molecule has 0 amide bonds. The number of rotatable bonds is 4. The molecule has 1 fully saturated rings. The summed E-state index contributed by atoms with van der Waals surface area (Å²) in [6.45, 7) is 2.69. The van der Waals surface area contributed by atoms with Gasteiger partial charge in [0.2, 0.25) is 0 Å². The Labute approximate surface area is 105 Å². The van der Waals surface area contributed by atoms with Gasteiger partial charge in [-0.2, -0.15) is 0 Å². The van der Waals surface area contributed by atoms with E-state index >= 15 is 0 Å². The van der Waals surface area contributed by atoms with Crippen LogP contribution in [0.5, 0.6) is 0 Å². The van der Waals surface area contributed by atoms with Crippen LogP contribution in [0.25, 0.3) is 0 Å². The molecule has 0 saturated heterocycles. The third-order valence-corrected chi connectivity index (χ3v) is 4.10. The summed E-state index contributed by atoms with van der Waals surface area (Å²) in [5.41, 5.74) is 6.92. The lowest BCUT2D eigenvalue weighted by molar-refractivity contribution is 0.118. The van der Waals surface area contributed by atoms with E-state index < -0.39 is 0 Å². The smallest absolute Gasteiger partial charge is 0.0651 e. The highest BCUT2D eigenvalue weighted by atomic mass is 79.9. The van der Waals surface area contributed by atoms with E-state index in [1.807, 2.05) is 24.3 Å². The monoisotopic (exact) mass is 283 g/mol. The summed E-state index contributed by atoms with van der Waals surface area (Å²) < 4.78 is 1.06. The Bertz CT molecular complexity index is 351. The Kier molecular flexibility index (Phi) is 3.67. The van der Waals surface area contributed by atoms with Crippen molar-refractivity contribution in [2.24, 2.45) is 17.6 Å². The molecule has 0 radical (unpaired) electrons. The molecular weight excluding hydrogens is 266 g/mol. The minimum Gasteiger partial charge on any atom is -0.392 e. The fourth-order valence-electron chi connectivity index (χ4n) is 2.31. The van der Waals surface area contributed by atoms with Crippen LogP contribution in [-0.4, -0.2) is 17.8 Å². The lowest BCUT2D eigenvalue weighted by Crippen LogP contribution is -2.28. The third-order valence-electron chi connectivity index (χ3n) is 3.57. The van der Waals surface area contributed by atoms with Gasteiger partial charge < -0.3 is 10.8 Å². The molecule has 2 rings (SSSR count). The van der Waals surface area contributed by atoms with Crippen LogP contribution in [-0.2, 0) is 0 Å². The van der Waals surface area contributed by atoms with E-state index in [1.54, 1.807) is 0 Å². The van der Waals surface area contributed by atoms with Gasteiger partial charge in [0.1, 0.15) is 0 Å². The summed E-state index contributed by atoms with van der Waals surface area (Å²) in [6, 6.07) is 8.08. The SMILES string of the molecule is CC1CC1C(O)C(CN)c1ccc(Br)cc1. The van der Waals surface area contributed by atoms with Crippen molar-refractivity contribution in [3.05, 3.63) is 34.3 Å². The lowest BCUT2D eigenvalue weighted by Gasteiger charge is -2.22. The van der Waals surface area contributed by atoms with Crippen molar-refractivity contribution in [1.29, 1.82) is 0 Å². The molecule has 0 aromatic heterocycles. The molecule has 0 aliphatic heterocycles. The van der Waals surface area contributed by atoms with E-state index in [1.165, 1.54) is 0 Å². The van der Waals surface area contributed by atoms with Crippen molar-refractivity contribution in [2.75, 3.05) is 6.54 Å². The first-order chi connectivity index (χ1) is 7.63. The summed E-state index contributed by atoms with van der Waals surface area (Å²) in [7, 11) is 0. The van der Waals surface area contributed by atoms with Crippen molar-refractivity contribution in [3.8, 4) is 0 Å². The minimum atomic E-state index is -0.291. The standard InChI is InChI=1S/C13H18BrNO/c1-8-6-11(8)13(16)12(7-15)9-2-4-10(14)5-3-9/h2-5,8,11-13,16H,6-7,15H2,1H3. The second kappa shape index (κ2) is 4.86. The molecule has 4 unspecified atom stereocenters. The van der Waals surface area contributed by atoms with Crippen LogP contribution in [0.2, 0.25) is 0 Å². The predicted octanol–water partition coefficient (Wildman–Crippen LogP) is 2.51. The van der Waals surface area contributed by atoms with Crippen LogP contribution in [0.1, 0.15) is 24.8 Å². The predicted molar refractivity (Wildman–Crippen MR) is 69.2 cm³/mol. The van der Waals surface area contributed by atoms with Crippen molar-refractivity contribution in [3.63, 3.8) is 0 Å². The number of hydrogen-bond acceptors (Lipinski definition) is 2. The van der Waals surface area contributed by atoms with Crippen molar-refractivity contribution in [1.82, 2.24) is 0 Å². The Morgan fingerprint density at radius 3 is 2.44 bits per heavy atom. The van der Waals surface area contributed by atoms with Crippen LogP contribution < -0.4 is 5.73 Å². The zero-order valence-corrected chi connectivity index (χ0v) is 11.0. The first-order valence-corrected chi connectivity index (χ1v) is 6.56. The van der Waals surface area contributed by atoms with Crippen molar-refractivity contribution in [2.45, 2.75) is 25.4 Å². The molecule has 3 heteroatoms. The van der Waals surface area contributed by atoms with E-state index in [0.717, 1.165) is 16.5 Å². The molecular formula is C13H18BrNO. The average Bonchev–Trinajstić information content (AvgIpc) is 2.99. The average molecular weight is 284 g/mol.